The van der Waals surface area contributed by atoms with Crippen LogP contribution in [0.1, 0.15) is 54.7 Å². The van der Waals surface area contributed by atoms with Crippen LogP contribution in [0.15, 0.2) is 77.4 Å². The van der Waals surface area contributed by atoms with Crippen molar-refractivity contribution in [3.63, 3.8) is 0 Å². The minimum Gasteiger partial charge on any atom is -0.462 e. The van der Waals surface area contributed by atoms with Crippen LogP contribution in [0.3, 0.4) is 0 Å². The maximum absolute atomic E-state index is 14.3. The number of carbonyl (C=O) groups excluding carboxylic acids is 2. The third-order valence-electron chi connectivity index (χ3n) is 16.0. The van der Waals surface area contributed by atoms with E-state index in [9.17, 15) is 14.9 Å². The number of piperidine rings is 1. The smallest absolute Gasteiger partial charge is 0.410 e. The van der Waals surface area contributed by atoms with E-state index in [4.69, 9.17) is 46.0 Å². The molecule has 20 nitrogen and oxygen atoms in total. The topological polar surface area (TPSA) is 205 Å². The van der Waals surface area contributed by atoms with Crippen molar-refractivity contribution in [1.29, 1.82) is 5.26 Å². The molecule has 0 bridgehead atoms. The van der Waals surface area contributed by atoms with Gasteiger partial charge in [0.15, 0.2) is 5.65 Å². The maximum Gasteiger partial charge on any atom is 0.410 e. The number of hydrogen-bond acceptors (Lipinski definition) is 16. The molecule has 0 saturated carbocycles. The van der Waals surface area contributed by atoms with Gasteiger partial charge in [0.1, 0.15) is 24.9 Å². The zero-order valence-corrected chi connectivity index (χ0v) is 45.5. The normalized spacial score (nSPS) is 20.7. The van der Waals surface area contributed by atoms with Crippen LogP contribution in [-0.4, -0.2) is 157 Å². The van der Waals surface area contributed by atoms with Crippen molar-refractivity contribution in [2.24, 2.45) is 5.92 Å². The van der Waals surface area contributed by atoms with E-state index in [0.29, 0.717) is 94.0 Å². The van der Waals surface area contributed by atoms with Gasteiger partial charge >= 0.3 is 12.1 Å². The lowest BCUT2D eigenvalue weighted by Gasteiger charge is -2.42. The molecular weight excluding hydrogens is 1060 g/mol. The van der Waals surface area contributed by atoms with Crippen LogP contribution in [0.4, 0.5) is 28.2 Å². The monoisotopic (exact) mass is 1120 g/mol. The molecule has 22 heteroatoms. The molecule has 2 amide bonds. The van der Waals surface area contributed by atoms with Gasteiger partial charge in [-0.1, -0.05) is 48.5 Å². The summed E-state index contributed by atoms with van der Waals surface area (Å²) in [6.07, 6.45) is 5.86. The number of nitrogens with one attached hydrogen (secondary N) is 2. The zero-order chi connectivity index (χ0) is 52.9. The number of piperazine rings is 1. The van der Waals surface area contributed by atoms with Gasteiger partial charge in [0.25, 0.3) is 5.91 Å². The SMILES string of the molecule is C=C(COC(=O)N1CCC[C@H]2CN(c3nc(NCc4nc5ccc(C)cc5[nH]4)n4ncc(Br)c4n3)C[C@H]21)C(=O)N1CCN(c2nc(OC[C@@H]3CCCN3C)nc3c2CCN(c2cccc4cccc(Cl)c24)C3)C[C@@H]1CC#N. The number of nitrogens with zero attached hydrogens (tertiary/aromatic N) is 14. The summed E-state index contributed by atoms with van der Waals surface area (Å²) in [7, 11) is 2.12. The number of fused-ring (bicyclic) bond motifs is 5. The van der Waals surface area contributed by atoms with Crippen LogP contribution >= 0.6 is 27.5 Å². The zero-order valence-electron chi connectivity index (χ0n) is 43.2. The second kappa shape index (κ2) is 21.3. The Bertz CT molecular complexity index is 3470. The first kappa shape index (κ1) is 50.5. The van der Waals surface area contributed by atoms with Gasteiger partial charge in [-0.3, -0.25) is 4.79 Å². The lowest BCUT2D eigenvalue weighted by Crippen LogP contribution is -2.56. The molecule has 4 aromatic heterocycles. The lowest BCUT2D eigenvalue weighted by molar-refractivity contribution is -0.130. The number of aromatic amines is 1. The molecule has 4 fully saturated rings. The number of aromatic nitrogens is 8. The van der Waals surface area contributed by atoms with E-state index >= 15 is 0 Å². The lowest BCUT2D eigenvalue weighted by atomic mass is 9.92. The molecule has 0 radical (unpaired) electrons. The van der Waals surface area contributed by atoms with Crippen LogP contribution in [0.5, 0.6) is 6.01 Å². The third-order valence-corrected chi connectivity index (χ3v) is 16.9. The Morgan fingerprint density at radius 2 is 1.79 bits per heavy atom. The van der Waals surface area contributed by atoms with Crippen LogP contribution in [0.2, 0.25) is 5.02 Å². The van der Waals surface area contributed by atoms with E-state index in [-0.39, 0.29) is 42.5 Å². The Morgan fingerprint density at radius 3 is 2.64 bits per heavy atom. The first-order chi connectivity index (χ1) is 37.5. The number of anilines is 4. The molecule has 0 unspecified atom stereocenters. The molecule has 5 aliphatic rings. The number of imidazole rings is 1. The van der Waals surface area contributed by atoms with E-state index in [2.05, 4.69) is 108 Å². The molecule has 0 spiro atoms. The quantitative estimate of drug-likeness (QED) is 0.107. The van der Waals surface area contributed by atoms with Gasteiger partial charge in [-0.15, -0.1) is 0 Å². The molecule has 9 heterocycles. The number of nitriles is 1. The predicted molar refractivity (Wildman–Crippen MR) is 297 cm³/mol. The Labute approximate surface area is 459 Å². The Morgan fingerprint density at radius 1 is 0.935 bits per heavy atom. The van der Waals surface area contributed by atoms with Gasteiger partial charge in [-0.05, 0) is 110 Å². The highest BCUT2D eigenvalue weighted by Gasteiger charge is 2.43. The van der Waals surface area contributed by atoms with Crippen molar-refractivity contribution in [2.75, 3.05) is 92.6 Å². The first-order valence-corrected chi connectivity index (χ1v) is 27.7. The van der Waals surface area contributed by atoms with Gasteiger partial charge in [-0.25, -0.2) is 9.78 Å². The van der Waals surface area contributed by atoms with E-state index in [0.717, 1.165) is 99.2 Å². The van der Waals surface area contributed by atoms with E-state index in [1.165, 1.54) is 0 Å². The Kier molecular flexibility index (Phi) is 14.0. The first-order valence-electron chi connectivity index (χ1n) is 26.5. The van der Waals surface area contributed by atoms with Gasteiger partial charge in [0.05, 0.1) is 70.1 Å². The average Bonchev–Trinajstić information content (AvgIpc) is 4.28. The molecule has 4 atom stereocenters. The second-order valence-electron chi connectivity index (χ2n) is 20.9. The standard InChI is InChI=1S/C55H60BrClN16O4/c1-33-14-15-42-43(24-33)62-47(61-42)26-59-52-66-53(64-50-40(56)25-60-73(50)52)70-27-36-10-6-20-72(46(36)30-70)55(75)77-31-34(2)51(74)71-23-22-69(28-37(71)16-18-58)49-39-17-21-68(45-13-5-9-35-8-4-12-41(57)48(35)45)29-44(39)63-54(65-49)76-32-38-11-7-19-67(38)3/h4-5,8-9,12-15,24-25,36-38,46H,2,6-7,10-11,16-17,19-23,26-32H2,1,3H3,(H,61,62)(H,59,64,66)/t36-,37-,38-,46+/m0/s1. The summed E-state index contributed by atoms with van der Waals surface area (Å²) < 4.78 is 14.7. The molecule has 4 saturated heterocycles. The molecular formula is C55H60BrClN16O4. The fraction of sp³-hybridized carbons (Fsp3) is 0.436. The Hall–Kier alpha value is -7.28. The van der Waals surface area contributed by atoms with Gasteiger partial charge in [-0.2, -0.15) is 34.8 Å². The number of rotatable bonds is 13. The molecule has 3 aromatic carbocycles. The summed E-state index contributed by atoms with van der Waals surface area (Å²) in [5, 5.41) is 20.8. The molecule has 2 N–H and O–H groups in total. The Balaban J connectivity index is 0.708. The van der Waals surface area contributed by atoms with Crippen molar-refractivity contribution in [1.82, 2.24) is 54.2 Å². The summed E-state index contributed by atoms with van der Waals surface area (Å²) >= 11 is 10.4. The summed E-state index contributed by atoms with van der Waals surface area (Å²) in [6.45, 7) is 11.8. The van der Waals surface area contributed by atoms with Crippen LogP contribution in [0, 0.1) is 24.2 Å². The fourth-order valence-corrected chi connectivity index (χ4v) is 12.6. The molecule has 398 valence electrons. The number of aryl methyl sites for hydroxylation is 1. The minimum atomic E-state index is -0.500. The van der Waals surface area contributed by atoms with Crippen molar-refractivity contribution in [2.45, 2.75) is 76.7 Å². The summed E-state index contributed by atoms with van der Waals surface area (Å²) in [5.41, 5.74) is 6.70. The largest absolute Gasteiger partial charge is 0.462 e. The number of H-pyrrole nitrogens is 1. The highest BCUT2D eigenvalue weighted by atomic mass is 79.9. The summed E-state index contributed by atoms with van der Waals surface area (Å²) in [5.74, 6) is 2.36. The number of carbonyl (C=O) groups is 2. The number of hydrogen-bond donors (Lipinski definition) is 2. The molecule has 12 rings (SSSR count). The fourth-order valence-electron chi connectivity index (χ4n) is 12.0. The summed E-state index contributed by atoms with van der Waals surface area (Å²) in [4.78, 5) is 68.9. The minimum absolute atomic E-state index is 0.0934. The molecule has 5 aliphatic heterocycles. The maximum atomic E-state index is 14.3. The van der Waals surface area contributed by atoms with Gasteiger partial charge < -0.3 is 49.2 Å². The van der Waals surface area contributed by atoms with Gasteiger partial charge in [0.2, 0.25) is 11.9 Å². The number of likely N-dealkylation sites (tertiary alicyclic amines) is 2. The van der Waals surface area contributed by atoms with E-state index < -0.39 is 12.1 Å². The molecule has 77 heavy (non-hydrogen) atoms. The highest BCUT2D eigenvalue weighted by Crippen LogP contribution is 2.39. The second-order valence-corrected chi connectivity index (χ2v) is 22.2. The van der Waals surface area contributed by atoms with Crippen molar-refractivity contribution in [3.05, 3.63) is 105 Å². The predicted octanol–water partition coefficient (Wildman–Crippen LogP) is 7.54. The molecule has 7 aromatic rings. The number of halogens is 2. The van der Waals surface area contributed by atoms with Crippen LogP contribution < -0.4 is 24.8 Å². The summed E-state index contributed by atoms with van der Waals surface area (Å²) in [6, 6.07) is 20.6. The van der Waals surface area contributed by atoms with Crippen molar-refractivity contribution < 1.29 is 19.1 Å². The number of likely N-dealkylation sites (N-methyl/N-ethyl adjacent to an activating group) is 1. The third kappa shape index (κ3) is 10.0. The van der Waals surface area contributed by atoms with Crippen molar-refractivity contribution in [3.8, 4) is 12.1 Å². The van der Waals surface area contributed by atoms with Crippen LogP contribution in [0.25, 0.3) is 27.5 Å². The van der Waals surface area contributed by atoms with Gasteiger partial charge in [0, 0.05) is 74.1 Å². The highest BCUT2D eigenvalue weighted by molar-refractivity contribution is 9.10. The van der Waals surface area contributed by atoms with E-state index in [1.807, 2.05) is 24.3 Å². The number of amides is 2. The van der Waals surface area contributed by atoms with E-state index in [1.54, 1.807) is 20.5 Å². The number of benzene rings is 3. The molecule has 0 aliphatic carbocycles. The van der Waals surface area contributed by atoms with Crippen LogP contribution in [-0.2, 0) is 29.0 Å². The number of ether oxygens (including phenoxy) is 2. The van der Waals surface area contributed by atoms with Crippen molar-refractivity contribution >= 4 is 90.4 Å². The average molecular weight is 1120 g/mol.